The molecular weight excluding hydrogens is 221 g/mol. The lowest BCUT2D eigenvalue weighted by Gasteiger charge is -1.99. The van der Waals surface area contributed by atoms with Crippen molar-refractivity contribution in [3.05, 3.63) is 42.1 Å². The van der Waals surface area contributed by atoms with E-state index in [4.69, 9.17) is 11.6 Å². The number of hydrogen-bond donors (Lipinski definition) is 0. The first kappa shape index (κ1) is 11.0. The number of nitrogens with zero attached hydrogens (tertiary/aromatic N) is 1. The molecule has 2 nitrogen and oxygen atoms in total. The third-order valence-corrected chi connectivity index (χ3v) is 2.06. The second-order valence-electron chi connectivity index (χ2n) is 2.65. The van der Waals surface area contributed by atoms with Crippen LogP contribution < -0.4 is 0 Å². The number of carbonyl (C=O) groups excluding carboxylic acids is 1. The van der Waals surface area contributed by atoms with Gasteiger partial charge in [0.2, 0.25) is 0 Å². The van der Waals surface area contributed by atoms with Crippen LogP contribution in [0.25, 0.3) is 10.9 Å². The van der Waals surface area contributed by atoms with Gasteiger partial charge in [0.15, 0.2) is 0 Å². The smallest absolute Gasteiger partial charge is 0.253 e. The maximum absolute atomic E-state index is 11.0. The van der Waals surface area contributed by atoms with Crippen LogP contribution >= 0.6 is 24.0 Å². The molecule has 0 aliphatic carbocycles. The summed E-state index contributed by atoms with van der Waals surface area (Å²) in [6.45, 7) is 0. The Bertz CT molecular complexity index is 465. The average Bonchev–Trinajstić information content (AvgIpc) is 2.17. The molecule has 4 heteroatoms. The van der Waals surface area contributed by atoms with Crippen LogP contribution in [-0.2, 0) is 0 Å². The van der Waals surface area contributed by atoms with E-state index in [0.717, 1.165) is 10.9 Å². The summed E-state index contributed by atoms with van der Waals surface area (Å²) in [5, 5.41) is 0.351. The predicted molar refractivity (Wildman–Crippen MR) is 59.2 cm³/mol. The third kappa shape index (κ3) is 1.86. The van der Waals surface area contributed by atoms with Crippen LogP contribution in [0.2, 0.25) is 0 Å². The van der Waals surface area contributed by atoms with Crippen LogP contribution in [0.4, 0.5) is 0 Å². The van der Waals surface area contributed by atoms with Gasteiger partial charge in [0.05, 0.1) is 5.52 Å². The lowest BCUT2D eigenvalue weighted by atomic mass is 10.1. The Morgan fingerprint density at radius 3 is 2.71 bits per heavy atom. The zero-order valence-corrected chi connectivity index (χ0v) is 8.68. The fraction of sp³-hybridized carbons (Fsp3) is 0. The molecule has 0 aliphatic heterocycles. The Labute approximate surface area is 92.3 Å². The molecule has 0 saturated heterocycles. The highest BCUT2D eigenvalue weighted by Crippen LogP contribution is 2.17. The van der Waals surface area contributed by atoms with E-state index in [9.17, 15) is 4.79 Å². The Kier molecular flexibility index (Phi) is 3.44. The molecule has 72 valence electrons. The number of fused-ring (bicyclic) bond motifs is 1. The number of hydrogen-bond acceptors (Lipinski definition) is 2. The SMILES string of the molecule is Cl.O=C(Cl)c1cccc2ncccc12. The van der Waals surface area contributed by atoms with Gasteiger partial charge in [-0.15, -0.1) is 12.4 Å². The molecule has 0 spiro atoms. The van der Waals surface area contributed by atoms with Crippen molar-refractivity contribution in [2.45, 2.75) is 0 Å². The Hall–Kier alpha value is -1.12. The summed E-state index contributed by atoms with van der Waals surface area (Å²) in [5.74, 6) is 0. The molecule has 0 atom stereocenters. The number of benzene rings is 1. The van der Waals surface area contributed by atoms with Crippen LogP contribution in [0.3, 0.4) is 0 Å². The van der Waals surface area contributed by atoms with Gasteiger partial charge in [-0.1, -0.05) is 12.1 Å². The van der Waals surface area contributed by atoms with Crippen LogP contribution in [0.1, 0.15) is 10.4 Å². The molecule has 0 N–H and O–H groups in total. The Morgan fingerprint density at radius 2 is 2.00 bits per heavy atom. The van der Waals surface area contributed by atoms with Crippen molar-refractivity contribution in [1.82, 2.24) is 4.98 Å². The van der Waals surface area contributed by atoms with E-state index in [1.54, 1.807) is 24.4 Å². The van der Waals surface area contributed by atoms with Crippen LogP contribution in [-0.4, -0.2) is 10.2 Å². The maximum Gasteiger partial charge on any atom is 0.253 e. The molecule has 0 aliphatic rings. The van der Waals surface area contributed by atoms with Crippen LogP contribution in [0.15, 0.2) is 36.5 Å². The highest BCUT2D eigenvalue weighted by atomic mass is 35.5. The van der Waals surface area contributed by atoms with E-state index >= 15 is 0 Å². The zero-order chi connectivity index (χ0) is 9.26. The molecule has 1 aromatic carbocycles. The molecule has 0 unspecified atom stereocenters. The lowest BCUT2D eigenvalue weighted by Crippen LogP contribution is -1.90. The molecule has 0 radical (unpaired) electrons. The molecule has 1 heterocycles. The standard InChI is InChI=1S/C10H6ClNO.ClH/c11-10(13)8-3-1-5-9-7(8)4-2-6-12-9;/h1-6H;1H. The number of rotatable bonds is 1. The third-order valence-electron chi connectivity index (χ3n) is 1.86. The molecule has 0 amide bonds. The normalized spacial score (nSPS) is 9.50. The van der Waals surface area contributed by atoms with Crippen molar-refractivity contribution in [2.75, 3.05) is 0 Å². The second kappa shape index (κ2) is 4.40. The Balaban J connectivity index is 0.000000980. The molecular formula is C10H7Cl2NO. The summed E-state index contributed by atoms with van der Waals surface area (Å²) >= 11 is 5.42. The summed E-state index contributed by atoms with van der Waals surface area (Å²) in [6, 6.07) is 8.92. The van der Waals surface area contributed by atoms with E-state index in [0.29, 0.717) is 5.56 Å². The monoisotopic (exact) mass is 227 g/mol. The fourth-order valence-corrected chi connectivity index (χ4v) is 1.44. The summed E-state index contributed by atoms with van der Waals surface area (Å²) in [7, 11) is 0. The van der Waals surface area contributed by atoms with Gasteiger partial charge < -0.3 is 0 Å². The minimum absolute atomic E-state index is 0. The van der Waals surface area contributed by atoms with Gasteiger partial charge >= 0.3 is 0 Å². The van der Waals surface area contributed by atoms with Crippen LogP contribution in [0, 0.1) is 0 Å². The summed E-state index contributed by atoms with van der Waals surface area (Å²) in [6.07, 6.45) is 1.69. The lowest BCUT2D eigenvalue weighted by molar-refractivity contribution is 0.108. The zero-order valence-electron chi connectivity index (χ0n) is 7.11. The molecule has 0 saturated carbocycles. The van der Waals surface area contributed by atoms with Crippen molar-refractivity contribution in [1.29, 1.82) is 0 Å². The van der Waals surface area contributed by atoms with Crippen molar-refractivity contribution in [3.8, 4) is 0 Å². The van der Waals surface area contributed by atoms with Crippen molar-refractivity contribution in [3.63, 3.8) is 0 Å². The van der Waals surface area contributed by atoms with Crippen LogP contribution in [0.5, 0.6) is 0 Å². The number of aromatic nitrogens is 1. The fourth-order valence-electron chi connectivity index (χ4n) is 1.27. The van der Waals surface area contributed by atoms with Crippen molar-refractivity contribution >= 4 is 40.2 Å². The maximum atomic E-state index is 11.0. The van der Waals surface area contributed by atoms with Crippen molar-refractivity contribution in [2.24, 2.45) is 0 Å². The van der Waals surface area contributed by atoms with Gasteiger partial charge in [0, 0.05) is 17.1 Å². The van der Waals surface area contributed by atoms with Gasteiger partial charge in [-0.25, -0.2) is 0 Å². The summed E-state index contributed by atoms with van der Waals surface area (Å²) in [4.78, 5) is 15.1. The minimum Gasteiger partial charge on any atom is -0.276 e. The first-order valence-electron chi connectivity index (χ1n) is 3.82. The molecule has 2 rings (SSSR count). The molecule has 2 aromatic rings. The summed E-state index contributed by atoms with van der Waals surface area (Å²) in [5.41, 5.74) is 1.29. The van der Waals surface area contributed by atoms with E-state index in [1.165, 1.54) is 0 Å². The topological polar surface area (TPSA) is 30.0 Å². The quantitative estimate of drug-likeness (QED) is 0.702. The van der Waals surface area contributed by atoms with E-state index in [2.05, 4.69) is 4.98 Å². The van der Waals surface area contributed by atoms with E-state index in [-0.39, 0.29) is 12.4 Å². The number of halogens is 2. The highest BCUT2D eigenvalue weighted by molar-refractivity contribution is 6.68. The van der Waals surface area contributed by atoms with Gasteiger partial charge in [-0.2, -0.15) is 0 Å². The highest BCUT2D eigenvalue weighted by Gasteiger charge is 2.05. The minimum atomic E-state index is -0.446. The van der Waals surface area contributed by atoms with Gasteiger partial charge in [0.1, 0.15) is 0 Å². The second-order valence-corrected chi connectivity index (χ2v) is 2.99. The summed E-state index contributed by atoms with van der Waals surface area (Å²) < 4.78 is 0. The Morgan fingerprint density at radius 1 is 1.21 bits per heavy atom. The average molecular weight is 228 g/mol. The number of pyridine rings is 1. The number of carbonyl (C=O) groups is 1. The van der Waals surface area contributed by atoms with Gasteiger partial charge in [-0.05, 0) is 29.8 Å². The van der Waals surface area contributed by atoms with E-state index in [1.807, 2.05) is 12.1 Å². The molecule has 0 bridgehead atoms. The predicted octanol–water partition coefficient (Wildman–Crippen LogP) is 3.04. The van der Waals surface area contributed by atoms with E-state index < -0.39 is 5.24 Å². The first-order chi connectivity index (χ1) is 6.29. The van der Waals surface area contributed by atoms with Gasteiger partial charge in [-0.3, -0.25) is 9.78 Å². The molecule has 14 heavy (non-hydrogen) atoms. The molecule has 0 fully saturated rings. The van der Waals surface area contributed by atoms with Gasteiger partial charge in [0.25, 0.3) is 5.24 Å². The molecule has 1 aromatic heterocycles. The van der Waals surface area contributed by atoms with Crippen molar-refractivity contribution < 1.29 is 4.79 Å². The largest absolute Gasteiger partial charge is 0.276 e. The first-order valence-corrected chi connectivity index (χ1v) is 4.20.